The molecule has 108 valence electrons. The van der Waals surface area contributed by atoms with Crippen LogP contribution in [-0.2, 0) is 0 Å². The van der Waals surface area contributed by atoms with Crippen LogP contribution in [0.15, 0.2) is 29.2 Å². The number of rotatable bonds is 5. The van der Waals surface area contributed by atoms with Gasteiger partial charge in [-0.2, -0.15) is 0 Å². The fourth-order valence-corrected chi connectivity index (χ4v) is 2.89. The molecule has 1 saturated heterocycles. The summed E-state index contributed by atoms with van der Waals surface area (Å²) < 4.78 is 12.8. The fraction of sp³-hybridized carbons (Fsp3) is 0.571. The Hall–Kier alpha value is -0.290. The number of nitrogens with one attached hydrogen (secondary N) is 1. The molecule has 0 amide bonds. The molecule has 1 fully saturated rings. The van der Waals surface area contributed by atoms with Crippen LogP contribution < -0.4 is 5.32 Å². The third-order valence-electron chi connectivity index (χ3n) is 3.48. The quantitative estimate of drug-likeness (QED) is 0.841. The molecular weight excluding hydrogens is 283 g/mol. The molecule has 1 aliphatic heterocycles. The molecule has 2 nitrogen and oxygen atoms in total. The molecule has 0 aliphatic carbocycles. The van der Waals surface area contributed by atoms with E-state index in [0.29, 0.717) is 6.42 Å². The van der Waals surface area contributed by atoms with Crippen molar-refractivity contribution < 1.29 is 4.39 Å². The molecule has 1 aromatic carbocycles. The van der Waals surface area contributed by atoms with Crippen molar-refractivity contribution in [3.63, 3.8) is 0 Å². The summed E-state index contributed by atoms with van der Waals surface area (Å²) in [4.78, 5) is 3.66. The highest BCUT2D eigenvalue weighted by Crippen LogP contribution is 2.26. The van der Waals surface area contributed by atoms with Gasteiger partial charge in [0.1, 0.15) is 0 Å². The average molecular weight is 305 g/mol. The Balaban J connectivity index is 0.00000180. The third kappa shape index (κ3) is 4.63. The van der Waals surface area contributed by atoms with Gasteiger partial charge in [-0.05, 0) is 30.4 Å². The number of nitrogens with zero attached hydrogens (tertiary/aromatic N) is 1. The Bertz CT molecular complexity index is 355. The second-order valence-corrected chi connectivity index (χ2v) is 5.43. The van der Waals surface area contributed by atoms with Crippen LogP contribution in [0.3, 0.4) is 0 Å². The van der Waals surface area contributed by atoms with Gasteiger partial charge >= 0.3 is 0 Å². The Labute approximate surface area is 125 Å². The molecule has 1 N–H and O–H groups in total. The van der Waals surface area contributed by atoms with Crippen LogP contribution in [0.1, 0.15) is 18.0 Å². The maximum Gasteiger partial charge on any atom is 0.0912 e. The summed E-state index contributed by atoms with van der Waals surface area (Å²) in [6, 6.07) is 8.79. The lowest BCUT2D eigenvalue weighted by Crippen LogP contribution is -2.45. The Kier molecular flexibility index (Phi) is 7.76. The number of thioether (sulfide) groups is 1. The molecule has 5 heteroatoms. The summed E-state index contributed by atoms with van der Waals surface area (Å²) >= 11 is 1.74. The molecule has 1 aliphatic rings. The molecule has 0 spiro atoms. The van der Waals surface area contributed by atoms with Crippen LogP contribution in [0.2, 0.25) is 0 Å². The highest BCUT2D eigenvalue weighted by Gasteiger charge is 2.21. The Morgan fingerprint density at radius 2 is 1.89 bits per heavy atom. The van der Waals surface area contributed by atoms with Gasteiger partial charge in [0.2, 0.25) is 0 Å². The van der Waals surface area contributed by atoms with E-state index in [1.807, 2.05) is 0 Å². The highest BCUT2D eigenvalue weighted by molar-refractivity contribution is 7.98. The molecule has 1 aromatic rings. The standard InChI is InChI=1S/C14H21FN2S.ClH/c1-18-13-4-2-12(3-5-13)14(6-7-15)17-10-8-16-9-11-17;/h2-5,14,16H,6-11H2,1H3;1H/t14-;/m1./s1. The normalized spacial score (nSPS) is 17.8. The number of halogens is 2. The summed E-state index contributed by atoms with van der Waals surface area (Å²) in [7, 11) is 0. The van der Waals surface area contributed by atoms with Gasteiger partial charge in [-0.1, -0.05) is 12.1 Å². The third-order valence-corrected chi connectivity index (χ3v) is 4.22. The summed E-state index contributed by atoms with van der Waals surface area (Å²) in [5, 5.41) is 3.34. The summed E-state index contributed by atoms with van der Waals surface area (Å²) in [6.07, 6.45) is 2.67. The first-order valence-corrected chi connectivity index (χ1v) is 7.72. The minimum absolute atomic E-state index is 0. The monoisotopic (exact) mass is 304 g/mol. The lowest BCUT2D eigenvalue weighted by atomic mass is 10.0. The first kappa shape index (κ1) is 16.8. The second-order valence-electron chi connectivity index (χ2n) is 4.55. The second kappa shape index (κ2) is 8.80. The lowest BCUT2D eigenvalue weighted by molar-refractivity contribution is 0.157. The smallest absolute Gasteiger partial charge is 0.0912 e. The van der Waals surface area contributed by atoms with E-state index >= 15 is 0 Å². The van der Waals surface area contributed by atoms with Gasteiger partial charge in [0.05, 0.1) is 6.67 Å². The molecule has 1 heterocycles. The van der Waals surface area contributed by atoms with Crippen molar-refractivity contribution in [3.8, 4) is 0 Å². The highest BCUT2D eigenvalue weighted by atomic mass is 35.5. The molecule has 0 radical (unpaired) electrons. The van der Waals surface area contributed by atoms with Crippen molar-refractivity contribution in [1.29, 1.82) is 0 Å². The minimum Gasteiger partial charge on any atom is -0.314 e. The molecule has 0 aromatic heterocycles. The molecular formula is C14H22ClFN2S. The van der Waals surface area contributed by atoms with Crippen molar-refractivity contribution >= 4 is 24.2 Å². The van der Waals surface area contributed by atoms with Gasteiger partial charge in [-0.3, -0.25) is 9.29 Å². The van der Waals surface area contributed by atoms with E-state index in [-0.39, 0.29) is 25.1 Å². The molecule has 1 atom stereocenters. The van der Waals surface area contributed by atoms with Gasteiger partial charge in [0, 0.05) is 37.1 Å². The number of hydrogen-bond donors (Lipinski definition) is 1. The van der Waals surface area contributed by atoms with Crippen molar-refractivity contribution in [2.24, 2.45) is 0 Å². The van der Waals surface area contributed by atoms with Crippen LogP contribution in [0.4, 0.5) is 4.39 Å². The van der Waals surface area contributed by atoms with Gasteiger partial charge in [-0.25, -0.2) is 0 Å². The SMILES string of the molecule is CSc1ccc([C@@H](CCF)N2CCNCC2)cc1.Cl. The van der Waals surface area contributed by atoms with E-state index < -0.39 is 0 Å². The van der Waals surface area contributed by atoms with Gasteiger partial charge < -0.3 is 5.32 Å². The van der Waals surface area contributed by atoms with Crippen LogP contribution in [-0.4, -0.2) is 44.0 Å². The molecule has 0 saturated carbocycles. The van der Waals surface area contributed by atoms with Gasteiger partial charge in [-0.15, -0.1) is 24.2 Å². The zero-order valence-corrected chi connectivity index (χ0v) is 12.9. The molecule has 2 rings (SSSR count). The number of benzene rings is 1. The van der Waals surface area contributed by atoms with Crippen LogP contribution in [0.25, 0.3) is 0 Å². The fourth-order valence-electron chi connectivity index (χ4n) is 2.48. The van der Waals surface area contributed by atoms with Crippen LogP contribution in [0, 0.1) is 0 Å². The predicted molar refractivity (Wildman–Crippen MR) is 83.2 cm³/mol. The number of hydrogen-bond acceptors (Lipinski definition) is 3. The number of alkyl halides is 1. The van der Waals surface area contributed by atoms with Gasteiger partial charge in [0.25, 0.3) is 0 Å². The first-order valence-electron chi connectivity index (χ1n) is 6.50. The summed E-state index contributed by atoms with van der Waals surface area (Å²) in [6.45, 7) is 3.78. The van der Waals surface area contributed by atoms with Crippen LogP contribution >= 0.6 is 24.2 Å². The lowest BCUT2D eigenvalue weighted by Gasteiger charge is -2.35. The zero-order chi connectivity index (χ0) is 12.8. The molecule has 0 unspecified atom stereocenters. The van der Waals surface area contributed by atoms with E-state index in [1.165, 1.54) is 10.5 Å². The molecule has 19 heavy (non-hydrogen) atoms. The van der Waals surface area contributed by atoms with Crippen molar-refractivity contribution in [2.75, 3.05) is 39.1 Å². The predicted octanol–water partition coefficient (Wildman–Crippen LogP) is 3.14. The van der Waals surface area contributed by atoms with E-state index in [0.717, 1.165) is 26.2 Å². The first-order chi connectivity index (χ1) is 8.85. The minimum atomic E-state index is -0.251. The topological polar surface area (TPSA) is 15.3 Å². The summed E-state index contributed by atoms with van der Waals surface area (Å²) in [5.74, 6) is 0. The van der Waals surface area contributed by atoms with E-state index in [1.54, 1.807) is 11.8 Å². The van der Waals surface area contributed by atoms with Gasteiger partial charge in [0.15, 0.2) is 0 Å². The van der Waals surface area contributed by atoms with Crippen molar-refractivity contribution in [1.82, 2.24) is 10.2 Å². The maximum atomic E-state index is 12.8. The average Bonchev–Trinajstić information content (AvgIpc) is 2.46. The number of piperazine rings is 1. The van der Waals surface area contributed by atoms with Crippen molar-refractivity contribution in [3.05, 3.63) is 29.8 Å². The van der Waals surface area contributed by atoms with Crippen LogP contribution in [0.5, 0.6) is 0 Å². The Morgan fingerprint density at radius 3 is 2.42 bits per heavy atom. The zero-order valence-electron chi connectivity index (χ0n) is 11.3. The van der Waals surface area contributed by atoms with E-state index in [9.17, 15) is 4.39 Å². The Morgan fingerprint density at radius 1 is 1.26 bits per heavy atom. The largest absolute Gasteiger partial charge is 0.314 e. The molecule has 0 bridgehead atoms. The maximum absolute atomic E-state index is 12.8. The van der Waals surface area contributed by atoms with Crippen molar-refractivity contribution in [2.45, 2.75) is 17.4 Å². The summed E-state index contributed by atoms with van der Waals surface area (Å²) in [5.41, 5.74) is 1.24. The van der Waals surface area contributed by atoms with E-state index in [2.05, 4.69) is 40.7 Å². The van der Waals surface area contributed by atoms with E-state index in [4.69, 9.17) is 0 Å².